The minimum atomic E-state index is -0.236. The third kappa shape index (κ3) is 3.20. The molecule has 3 aromatic rings. The van der Waals surface area contributed by atoms with Gasteiger partial charge in [-0.15, -0.1) is 11.3 Å². The number of thiazole rings is 1. The summed E-state index contributed by atoms with van der Waals surface area (Å²) in [5.41, 5.74) is 4.02. The molecule has 1 unspecified atom stereocenters. The molecule has 2 aromatic carbocycles. The van der Waals surface area contributed by atoms with Crippen molar-refractivity contribution >= 4 is 22.2 Å². The topological polar surface area (TPSA) is 37.7 Å². The molecule has 0 fully saturated rings. The number of benzene rings is 2. The van der Waals surface area contributed by atoms with Crippen LogP contribution in [0, 0.1) is 12.7 Å². The van der Waals surface area contributed by atoms with Gasteiger partial charge in [0.15, 0.2) is 0 Å². The third-order valence-electron chi connectivity index (χ3n) is 4.39. The first-order valence-electron chi connectivity index (χ1n) is 8.33. The number of nitrogens with zero attached hydrogens (tertiary/aromatic N) is 3. The second-order valence-corrected chi connectivity index (χ2v) is 7.00. The molecule has 4 rings (SSSR count). The van der Waals surface area contributed by atoms with Crippen LogP contribution in [0.3, 0.4) is 0 Å². The van der Waals surface area contributed by atoms with Crippen molar-refractivity contribution in [3.8, 4) is 5.75 Å². The van der Waals surface area contributed by atoms with Crippen LogP contribution in [0.25, 0.3) is 0 Å². The summed E-state index contributed by atoms with van der Waals surface area (Å²) < 4.78 is 18.6. The van der Waals surface area contributed by atoms with Crippen LogP contribution in [-0.4, -0.2) is 17.8 Å². The molecule has 6 heteroatoms. The number of hydrogen-bond acceptors (Lipinski definition) is 5. The van der Waals surface area contributed by atoms with E-state index >= 15 is 0 Å². The first-order valence-corrected chi connectivity index (χ1v) is 9.21. The number of aromatic nitrogens is 1. The molecule has 2 heterocycles. The number of hydrazone groups is 1. The molecule has 1 aliphatic rings. The van der Waals surface area contributed by atoms with E-state index in [0.717, 1.165) is 39.8 Å². The molecule has 0 amide bonds. The normalized spacial score (nSPS) is 16.7. The molecule has 0 N–H and O–H groups in total. The van der Waals surface area contributed by atoms with E-state index in [-0.39, 0.29) is 11.9 Å². The van der Waals surface area contributed by atoms with E-state index in [1.165, 1.54) is 12.1 Å². The van der Waals surface area contributed by atoms with Gasteiger partial charge in [-0.1, -0.05) is 12.1 Å². The van der Waals surface area contributed by atoms with Gasteiger partial charge >= 0.3 is 0 Å². The summed E-state index contributed by atoms with van der Waals surface area (Å²) in [5, 5.41) is 9.65. The highest BCUT2D eigenvalue weighted by atomic mass is 32.1. The van der Waals surface area contributed by atoms with Gasteiger partial charge in [-0.2, -0.15) is 5.10 Å². The molecular weight excluding hydrogens is 349 g/mol. The predicted molar refractivity (Wildman–Crippen MR) is 103 cm³/mol. The Morgan fingerprint density at radius 1 is 1.12 bits per heavy atom. The summed E-state index contributed by atoms with van der Waals surface area (Å²) in [6, 6.07) is 14.5. The number of methoxy groups -OCH3 is 1. The highest BCUT2D eigenvalue weighted by Crippen LogP contribution is 2.38. The van der Waals surface area contributed by atoms with Crippen molar-refractivity contribution in [1.29, 1.82) is 0 Å². The Morgan fingerprint density at radius 2 is 1.85 bits per heavy atom. The number of ether oxygens (including phenoxy) is 1. The molecule has 0 saturated carbocycles. The number of anilines is 1. The van der Waals surface area contributed by atoms with Crippen molar-refractivity contribution < 1.29 is 9.13 Å². The lowest BCUT2D eigenvalue weighted by Crippen LogP contribution is -2.18. The predicted octanol–water partition coefficient (Wildman–Crippen LogP) is 4.95. The summed E-state index contributed by atoms with van der Waals surface area (Å²) >= 11 is 1.57. The summed E-state index contributed by atoms with van der Waals surface area (Å²) in [6.07, 6.45) is 0.733. The highest BCUT2D eigenvalue weighted by molar-refractivity contribution is 7.13. The number of halogens is 1. The van der Waals surface area contributed by atoms with Gasteiger partial charge in [-0.05, 0) is 54.4 Å². The number of aryl methyl sites for hydroxylation is 1. The van der Waals surface area contributed by atoms with E-state index in [0.29, 0.717) is 0 Å². The van der Waals surface area contributed by atoms with Crippen LogP contribution in [0.4, 0.5) is 9.52 Å². The van der Waals surface area contributed by atoms with E-state index < -0.39 is 0 Å². The summed E-state index contributed by atoms with van der Waals surface area (Å²) in [7, 11) is 1.65. The lowest BCUT2D eigenvalue weighted by molar-refractivity contribution is 0.415. The minimum Gasteiger partial charge on any atom is -0.497 e. The average molecular weight is 367 g/mol. The van der Waals surface area contributed by atoms with Gasteiger partial charge in [-0.3, -0.25) is 0 Å². The van der Waals surface area contributed by atoms with Crippen LogP contribution >= 0.6 is 11.3 Å². The van der Waals surface area contributed by atoms with Crippen molar-refractivity contribution in [2.24, 2.45) is 5.10 Å². The first kappa shape index (κ1) is 16.7. The second kappa shape index (κ2) is 6.88. The third-order valence-corrected chi connectivity index (χ3v) is 5.34. The van der Waals surface area contributed by atoms with E-state index in [9.17, 15) is 4.39 Å². The first-order chi connectivity index (χ1) is 12.6. The fourth-order valence-electron chi connectivity index (χ4n) is 3.04. The molecular formula is C20H18FN3OS. The molecule has 1 atom stereocenters. The van der Waals surface area contributed by atoms with E-state index in [1.807, 2.05) is 53.7 Å². The highest BCUT2D eigenvalue weighted by Gasteiger charge is 2.31. The molecule has 0 aliphatic carbocycles. The van der Waals surface area contributed by atoms with E-state index in [2.05, 4.69) is 4.98 Å². The Bertz CT molecular complexity index is 934. The van der Waals surface area contributed by atoms with Crippen molar-refractivity contribution in [1.82, 2.24) is 4.98 Å². The molecule has 1 aromatic heterocycles. The molecule has 0 radical (unpaired) electrons. The Balaban J connectivity index is 1.71. The maximum Gasteiger partial charge on any atom is 0.206 e. The Kier molecular flexibility index (Phi) is 4.42. The minimum absolute atomic E-state index is 0.00162. The smallest absolute Gasteiger partial charge is 0.206 e. The maximum atomic E-state index is 13.3. The van der Waals surface area contributed by atoms with E-state index in [4.69, 9.17) is 9.84 Å². The van der Waals surface area contributed by atoms with Crippen LogP contribution < -0.4 is 9.75 Å². The van der Waals surface area contributed by atoms with Crippen LogP contribution in [0.5, 0.6) is 5.75 Å². The fraction of sp³-hybridized carbons (Fsp3) is 0.200. The Hall–Kier alpha value is -2.73. The largest absolute Gasteiger partial charge is 0.497 e. The lowest BCUT2D eigenvalue weighted by atomic mass is 9.98. The summed E-state index contributed by atoms with van der Waals surface area (Å²) in [6.45, 7) is 1.97. The van der Waals surface area contributed by atoms with E-state index in [1.54, 1.807) is 18.4 Å². The monoisotopic (exact) mass is 367 g/mol. The zero-order valence-electron chi connectivity index (χ0n) is 14.5. The van der Waals surface area contributed by atoms with Gasteiger partial charge in [-0.25, -0.2) is 14.4 Å². The molecule has 1 aliphatic heterocycles. The zero-order valence-corrected chi connectivity index (χ0v) is 15.3. The van der Waals surface area contributed by atoms with Gasteiger partial charge in [0.2, 0.25) is 5.13 Å². The van der Waals surface area contributed by atoms with Gasteiger partial charge in [0.1, 0.15) is 11.6 Å². The molecule has 0 spiro atoms. The Morgan fingerprint density at radius 3 is 2.46 bits per heavy atom. The Labute approximate surface area is 155 Å². The van der Waals surface area contributed by atoms with Gasteiger partial charge in [0.05, 0.1) is 24.6 Å². The number of hydrogen-bond donors (Lipinski definition) is 0. The molecule has 0 bridgehead atoms. The lowest BCUT2D eigenvalue weighted by Gasteiger charge is -2.21. The quantitative estimate of drug-likeness (QED) is 0.654. The van der Waals surface area contributed by atoms with Crippen LogP contribution in [-0.2, 0) is 0 Å². The van der Waals surface area contributed by atoms with Crippen LogP contribution in [0.2, 0.25) is 0 Å². The molecule has 132 valence electrons. The van der Waals surface area contributed by atoms with Gasteiger partial charge in [0, 0.05) is 11.8 Å². The number of rotatable bonds is 4. The molecule has 0 saturated heterocycles. The zero-order chi connectivity index (χ0) is 18.1. The van der Waals surface area contributed by atoms with Crippen LogP contribution in [0.1, 0.15) is 29.3 Å². The molecule has 26 heavy (non-hydrogen) atoms. The second-order valence-electron chi connectivity index (χ2n) is 6.16. The maximum absolute atomic E-state index is 13.3. The van der Waals surface area contributed by atoms with Crippen molar-refractivity contribution in [3.05, 3.63) is 76.5 Å². The fourth-order valence-corrected chi connectivity index (χ4v) is 3.84. The average Bonchev–Trinajstić information content (AvgIpc) is 3.29. The van der Waals surface area contributed by atoms with Crippen LogP contribution in [0.15, 0.2) is 59.0 Å². The summed E-state index contributed by atoms with van der Waals surface area (Å²) in [4.78, 5) is 4.58. The summed E-state index contributed by atoms with van der Waals surface area (Å²) in [5.74, 6) is 0.578. The molecule has 4 nitrogen and oxygen atoms in total. The van der Waals surface area contributed by atoms with Crippen molar-refractivity contribution in [2.75, 3.05) is 12.1 Å². The van der Waals surface area contributed by atoms with Gasteiger partial charge < -0.3 is 4.74 Å². The standard InChI is InChI=1S/C20H18FN3OS/c1-13-12-26-20(22-13)24-19(15-3-7-16(21)8-4-15)11-18(23-24)14-5-9-17(25-2)10-6-14/h3-10,12,19H,11H2,1-2H3. The van der Waals surface area contributed by atoms with Crippen molar-refractivity contribution in [2.45, 2.75) is 19.4 Å². The van der Waals surface area contributed by atoms with Crippen molar-refractivity contribution in [3.63, 3.8) is 0 Å². The van der Waals surface area contributed by atoms with Gasteiger partial charge in [0.25, 0.3) is 0 Å². The SMILES string of the molecule is COc1ccc(C2=NN(c3nc(C)cs3)C(c3ccc(F)cc3)C2)cc1.